The number of esters is 1. The number of ether oxygens (including phenoxy) is 1. The molecule has 0 atom stereocenters. The second-order valence-electron chi connectivity index (χ2n) is 2.86. The molecule has 0 aliphatic rings. The van der Waals surface area contributed by atoms with Crippen molar-refractivity contribution in [3.63, 3.8) is 0 Å². The topological polar surface area (TPSA) is 39.2 Å². The van der Waals surface area contributed by atoms with Gasteiger partial charge in [0.05, 0.1) is 18.6 Å². The molecular formula is C9H7Cl2F2NO2. The van der Waals surface area contributed by atoms with Gasteiger partial charge < -0.3 is 4.74 Å². The SMILES string of the molecule is COC(=O)Cc1cnc(Cl)c(Cl)c1C(F)F. The molecule has 0 saturated heterocycles. The van der Waals surface area contributed by atoms with Gasteiger partial charge in [-0.3, -0.25) is 4.79 Å². The van der Waals surface area contributed by atoms with Crippen molar-refractivity contribution in [1.29, 1.82) is 0 Å². The van der Waals surface area contributed by atoms with Crippen LogP contribution in [0.4, 0.5) is 8.78 Å². The Labute approximate surface area is 100 Å². The number of rotatable bonds is 3. The average molecular weight is 270 g/mol. The third-order valence-corrected chi connectivity index (χ3v) is 2.64. The zero-order valence-electron chi connectivity index (χ0n) is 8.14. The van der Waals surface area contributed by atoms with Crippen molar-refractivity contribution < 1.29 is 18.3 Å². The van der Waals surface area contributed by atoms with Gasteiger partial charge in [-0.25, -0.2) is 13.8 Å². The number of nitrogens with zero attached hydrogens (tertiary/aromatic N) is 1. The van der Waals surface area contributed by atoms with Crippen LogP contribution in [0.5, 0.6) is 0 Å². The van der Waals surface area contributed by atoms with Gasteiger partial charge in [-0.2, -0.15) is 0 Å². The standard InChI is InChI=1S/C9H7Cl2F2NO2/c1-16-5(15)2-4-3-14-8(11)7(10)6(4)9(12)13/h3,9H,2H2,1H3. The van der Waals surface area contributed by atoms with E-state index >= 15 is 0 Å². The van der Waals surface area contributed by atoms with Crippen LogP contribution < -0.4 is 0 Å². The molecule has 1 rings (SSSR count). The molecule has 0 unspecified atom stereocenters. The maximum atomic E-state index is 12.7. The van der Waals surface area contributed by atoms with E-state index in [1.807, 2.05) is 0 Å². The third-order valence-electron chi connectivity index (χ3n) is 1.88. The van der Waals surface area contributed by atoms with E-state index in [0.29, 0.717) is 0 Å². The minimum atomic E-state index is -2.83. The predicted octanol–water partition coefficient (Wildman–Crippen LogP) is 3.04. The number of halogens is 4. The van der Waals surface area contributed by atoms with Crippen molar-refractivity contribution in [2.45, 2.75) is 12.8 Å². The van der Waals surface area contributed by atoms with Crippen molar-refractivity contribution >= 4 is 29.2 Å². The fourth-order valence-corrected chi connectivity index (χ4v) is 1.52. The smallest absolute Gasteiger partial charge is 0.310 e. The number of hydrogen-bond acceptors (Lipinski definition) is 3. The van der Waals surface area contributed by atoms with E-state index < -0.39 is 18.0 Å². The van der Waals surface area contributed by atoms with Gasteiger partial charge in [0, 0.05) is 11.8 Å². The number of hydrogen-bond donors (Lipinski definition) is 0. The molecule has 3 nitrogen and oxygen atoms in total. The second kappa shape index (κ2) is 5.41. The highest BCUT2D eigenvalue weighted by atomic mass is 35.5. The van der Waals surface area contributed by atoms with Crippen LogP contribution in [-0.2, 0) is 16.0 Å². The van der Waals surface area contributed by atoms with Crippen LogP contribution in [0.3, 0.4) is 0 Å². The maximum Gasteiger partial charge on any atom is 0.310 e. The molecule has 0 radical (unpaired) electrons. The van der Waals surface area contributed by atoms with Crippen LogP contribution in [0.2, 0.25) is 10.2 Å². The largest absolute Gasteiger partial charge is 0.469 e. The summed E-state index contributed by atoms with van der Waals surface area (Å²) in [7, 11) is 1.16. The summed E-state index contributed by atoms with van der Waals surface area (Å²) >= 11 is 11.1. The Morgan fingerprint density at radius 3 is 2.69 bits per heavy atom. The number of aromatic nitrogens is 1. The fraction of sp³-hybridized carbons (Fsp3) is 0.333. The molecule has 0 aliphatic carbocycles. The monoisotopic (exact) mass is 269 g/mol. The van der Waals surface area contributed by atoms with E-state index in [-0.39, 0.29) is 22.2 Å². The quantitative estimate of drug-likeness (QED) is 0.626. The summed E-state index contributed by atoms with van der Waals surface area (Å²) in [4.78, 5) is 14.6. The van der Waals surface area contributed by atoms with Crippen molar-refractivity contribution in [2.24, 2.45) is 0 Å². The normalized spacial score (nSPS) is 10.6. The van der Waals surface area contributed by atoms with Gasteiger partial charge in [-0.05, 0) is 5.56 Å². The summed E-state index contributed by atoms with van der Waals surface area (Å²) in [5, 5.41) is -0.552. The molecule has 88 valence electrons. The molecule has 0 fully saturated rings. The van der Waals surface area contributed by atoms with E-state index in [9.17, 15) is 13.6 Å². The minimum absolute atomic E-state index is 0.0104. The first-order chi connectivity index (χ1) is 7.47. The Morgan fingerprint density at radius 2 is 2.19 bits per heavy atom. The lowest BCUT2D eigenvalue weighted by Crippen LogP contribution is -2.08. The lowest BCUT2D eigenvalue weighted by molar-refractivity contribution is -0.139. The molecule has 0 N–H and O–H groups in total. The predicted molar refractivity (Wildman–Crippen MR) is 54.9 cm³/mol. The van der Waals surface area contributed by atoms with E-state index in [1.54, 1.807) is 0 Å². The molecule has 1 heterocycles. The minimum Gasteiger partial charge on any atom is -0.469 e. The summed E-state index contributed by atoms with van der Waals surface area (Å²) in [6, 6.07) is 0. The van der Waals surface area contributed by atoms with Gasteiger partial charge in [0.1, 0.15) is 5.15 Å². The Morgan fingerprint density at radius 1 is 1.56 bits per heavy atom. The Bertz CT molecular complexity index is 413. The summed E-state index contributed by atoms with van der Waals surface area (Å²) in [5.41, 5.74) is -0.469. The molecular weight excluding hydrogens is 263 g/mol. The van der Waals surface area contributed by atoms with E-state index in [0.717, 1.165) is 13.3 Å². The van der Waals surface area contributed by atoms with Crippen LogP contribution in [-0.4, -0.2) is 18.1 Å². The molecule has 0 bridgehead atoms. The summed E-state index contributed by atoms with van der Waals surface area (Å²) in [6.45, 7) is 0. The van der Waals surface area contributed by atoms with E-state index in [1.165, 1.54) is 0 Å². The van der Waals surface area contributed by atoms with Gasteiger partial charge in [0.2, 0.25) is 0 Å². The Kier molecular flexibility index (Phi) is 4.44. The van der Waals surface area contributed by atoms with Crippen LogP contribution in [0.25, 0.3) is 0 Å². The first-order valence-corrected chi connectivity index (χ1v) is 4.90. The molecule has 0 aromatic carbocycles. The molecule has 0 spiro atoms. The van der Waals surface area contributed by atoms with Crippen LogP contribution >= 0.6 is 23.2 Å². The molecule has 1 aromatic rings. The van der Waals surface area contributed by atoms with Crippen LogP contribution in [0.15, 0.2) is 6.20 Å². The highest BCUT2D eigenvalue weighted by Crippen LogP contribution is 2.34. The van der Waals surface area contributed by atoms with E-state index in [4.69, 9.17) is 23.2 Å². The summed E-state index contributed by atoms with van der Waals surface area (Å²) < 4.78 is 29.8. The van der Waals surface area contributed by atoms with E-state index in [2.05, 4.69) is 9.72 Å². The fourth-order valence-electron chi connectivity index (χ4n) is 1.12. The summed E-state index contributed by atoms with van der Waals surface area (Å²) in [5.74, 6) is -0.651. The molecule has 16 heavy (non-hydrogen) atoms. The number of methoxy groups -OCH3 is 1. The Balaban J connectivity index is 3.18. The molecule has 7 heteroatoms. The zero-order chi connectivity index (χ0) is 12.3. The molecule has 0 saturated carbocycles. The highest BCUT2D eigenvalue weighted by Gasteiger charge is 2.21. The van der Waals surface area contributed by atoms with Crippen molar-refractivity contribution in [1.82, 2.24) is 4.98 Å². The van der Waals surface area contributed by atoms with Gasteiger partial charge >= 0.3 is 5.97 Å². The van der Waals surface area contributed by atoms with Gasteiger partial charge in [-0.1, -0.05) is 23.2 Å². The van der Waals surface area contributed by atoms with Crippen molar-refractivity contribution in [3.05, 3.63) is 27.5 Å². The zero-order valence-corrected chi connectivity index (χ0v) is 9.65. The first kappa shape index (κ1) is 13.1. The maximum absolute atomic E-state index is 12.7. The number of pyridine rings is 1. The second-order valence-corrected chi connectivity index (χ2v) is 3.59. The van der Waals surface area contributed by atoms with Crippen LogP contribution in [0.1, 0.15) is 17.6 Å². The third kappa shape index (κ3) is 2.80. The first-order valence-electron chi connectivity index (χ1n) is 4.15. The van der Waals surface area contributed by atoms with Crippen molar-refractivity contribution in [3.8, 4) is 0 Å². The van der Waals surface area contributed by atoms with Gasteiger partial charge in [0.25, 0.3) is 6.43 Å². The summed E-state index contributed by atoms with van der Waals surface area (Å²) in [6.07, 6.45) is -2.06. The molecule has 0 aliphatic heterocycles. The lowest BCUT2D eigenvalue weighted by Gasteiger charge is -2.10. The number of carbonyl (C=O) groups is 1. The average Bonchev–Trinajstić information content (AvgIpc) is 2.23. The molecule has 1 aromatic heterocycles. The van der Waals surface area contributed by atoms with Gasteiger partial charge in [-0.15, -0.1) is 0 Å². The number of carbonyl (C=O) groups excluding carboxylic acids is 1. The highest BCUT2D eigenvalue weighted by molar-refractivity contribution is 6.41. The number of alkyl halides is 2. The molecule has 0 amide bonds. The Hall–Kier alpha value is -0.940. The van der Waals surface area contributed by atoms with Crippen LogP contribution in [0, 0.1) is 0 Å². The lowest BCUT2D eigenvalue weighted by atomic mass is 10.1. The van der Waals surface area contributed by atoms with Crippen molar-refractivity contribution in [2.75, 3.05) is 7.11 Å². The van der Waals surface area contributed by atoms with Gasteiger partial charge in [0.15, 0.2) is 0 Å².